The summed E-state index contributed by atoms with van der Waals surface area (Å²) >= 11 is 0. The van der Waals surface area contributed by atoms with Gasteiger partial charge in [-0.3, -0.25) is 19.7 Å². The predicted octanol–water partition coefficient (Wildman–Crippen LogP) is 3.09. The van der Waals surface area contributed by atoms with Crippen molar-refractivity contribution in [3.8, 4) is 17.0 Å². The van der Waals surface area contributed by atoms with E-state index >= 15 is 0 Å². The van der Waals surface area contributed by atoms with E-state index in [1.54, 1.807) is 42.5 Å². The average molecular weight is 508 g/mol. The molecule has 1 saturated heterocycles. The maximum atomic E-state index is 13.3. The number of nitrogens with zero attached hydrogens (tertiary/aromatic N) is 4. The lowest BCUT2D eigenvalue weighted by Crippen LogP contribution is -2.46. The van der Waals surface area contributed by atoms with Crippen LogP contribution in [0.1, 0.15) is 28.1 Å². The molecule has 0 unspecified atom stereocenters. The van der Waals surface area contributed by atoms with Crippen LogP contribution >= 0.6 is 0 Å². The predicted molar refractivity (Wildman–Crippen MR) is 135 cm³/mol. The first-order chi connectivity index (χ1) is 18.4. The summed E-state index contributed by atoms with van der Waals surface area (Å²) in [4.78, 5) is 49.6. The molecule has 1 atom stereocenters. The number of furan rings is 1. The maximum Gasteiger partial charge on any atom is 0.254 e. The molecule has 0 radical (unpaired) electrons. The van der Waals surface area contributed by atoms with Crippen LogP contribution in [0.5, 0.6) is 5.75 Å². The second-order valence-corrected chi connectivity index (χ2v) is 9.62. The SMILES string of the molecule is COc1ccc2c(c1)C(=O)N(C[C@@]1(c3cc4nc(-c5ccc6nccn6c5)ccc4o3)CC(=O)NC1=O)C2. The third-order valence-corrected chi connectivity index (χ3v) is 7.34. The van der Waals surface area contributed by atoms with Crippen molar-refractivity contribution in [3.05, 3.63) is 84.0 Å². The highest BCUT2D eigenvalue weighted by molar-refractivity contribution is 6.10. The Hall–Kier alpha value is -4.99. The molecule has 0 spiro atoms. The highest BCUT2D eigenvalue weighted by atomic mass is 16.5. The molecule has 1 fully saturated rings. The van der Waals surface area contributed by atoms with Crippen molar-refractivity contribution >= 4 is 34.5 Å². The molecule has 10 nitrogen and oxygen atoms in total. The van der Waals surface area contributed by atoms with Gasteiger partial charge in [0.05, 0.1) is 19.2 Å². The van der Waals surface area contributed by atoms with E-state index in [0.29, 0.717) is 34.7 Å². The highest BCUT2D eigenvalue weighted by Gasteiger charge is 2.53. The fourth-order valence-corrected chi connectivity index (χ4v) is 5.36. The third kappa shape index (κ3) is 3.30. The Morgan fingerprint density at radius 2 is 2.00 bits per heavy atom. The summed E-state index contributed by atoms with van der Waals surface area (Å²) in [6, 6.07) is 14.5. The van der Waals surface area contributed by atoms with Gasteiger partial charge in [-0.2, -0.15) is 0 Å². The third-order valence-electron chi connectivity index (χ3n) is 7.34. The Labute approximate surface area is 215 Å². The Balaban J connectivity index is 1.26. The van der Waals surface area contributed by atoms with Crippen molar-refractivity contribution in [1.82, 2.24) is 24.6 Å². The Kier molecular flexibility index (Phi) is 4.68. The molecule has 7 rings (SSSR count). The molecule has 0 bridgehead atoms. The van der Waals surface area contributed by atoms with Crippen molar-refractivity contribution in [2.24, 2.45) is 0 Å². The van der Waals surface area contributed by atoms with Gasteiger partial charge in [0, 0.05) is 48.9 Å². The van der Waals surface area contributed by atoms with Gasteiger partial charge in [0.25, 0.3) is 5.91 Å². The normalized spacial score (nSPS) is 19.0. The fraction of sp³-hybridized carbons (Fsp3) is 0.179. The van der Waals surface area contributed by atoms with Crippen molar-refractivity contribution in [2.75, 3.05) is 13.7 Å². The number of imide groups is 1. The molecule has 2 aliphatic heterocycles. The lowest BCUT2D eigenvalue weighted by atomic mass is 9.82. The number of methoxy groups -OCH3 is 1. The van der Waals surface area contributed by atoms with E-state index in [1.165, 1.54) is 0 Å². The number of nitrogens with one attached hydrogen (secondary N) is 1. The minimum Gasteiger partial charge on any atom is -0.497 e. The molecule has 2 aliphatic rings. The second-order valence-electron chi connectivity index (χ2n) is 9.62. The summed E-state index contributed by atoms with van der Waals surface area (Å²) in [5.41, 5.74) is 3.47. The van der Waals surface area contributed by atoms with Crippen molar-refractivity contribution in [1.29, 1.82) is 0 Å². The zero-order chi connectivity index (χ0) is 26.0. The van der Waals surface area contributed by atoms with Crippen molar-refractivity contribution < 1.29 is 23.5 Å². The number of pyridine rings is 2. The number of rotatable bonds is 5. The van der Waals surface area contributed by atoms with Crippen molar-refractivity contribution in [2.45, 2.75) is 18.4 Å². The number of carbonyl (C=O) groups excluding carboxylic acids is 3. The summed E-state index contributed by atoms with van der Waals surface area (Å²) in [6.07, 6.45) is 5.40. The molecular formula is C28H21N5O5. The highest BCUT2D eigenvalue weighted by Crippen LogP contribution is 2.39. The molecule has 1 N–H and O–H groups in total. The number of fused-ring (bicyclic) bond motifs is 3. The monoisotopic (exact) mass is 507 g/mol. The number of amides is 3. The lowest BCUT2D eigenvalue weighted by Gasteiger charge is -2.28. The van der Waals surface area contributed by atoms with Crippen LogP contribution in [0.3, 0.4) is 0 Å². The molecule has 3 amide bonds. The first-order valence-electron chi connectivity index (χ1n) is 12.1. The molecule has 5 aromatic rings. The minimum absolute atomic E-state index is 0.00955. The number of hydrogen-bond acceptors (Lipinski definition) is 7. The number of carbonyl (C=O) groups is 3. The summed E-state index contributed by atoms with van der Waals surface area (Å²) in [5, 5.41) is 2.41. The number of hydrogen-bond donors (Lipinski definition) is 1. The second kappa shape index (κ2) is 8.01. The zero-order valence-corrected chi connectivity index (χ0v) is 20.3. The first-order valence-corrected chi connectivity index (χ1v) is 12.1. The van der Waals surface area contributed by atoms with E-state index in [2.05, 4.69) is 10.3 Å². The van der Waals surface area contributed by atoms with Gasteiger partial charge in [-0.15, -0.1) is 0 Å². The van der Waals surface area contributed by atoms with Crippen LogP contribution in [0.4, 0.5) is 0 Å². The summed E-state index contributed by atoms with van der Waals surface area (Å²) in [7, 11) is 1.54. The van der Waals surface area contributed by atoms with E-state index < -0.39 is 17.2 Å². The van der Waals surface area contributed by atoms with E-state index in [4.69, 9.17) is 14.1 Å². The molecule has 6 heterocycles. The number of benzene rings is 1. The molecule has 188 valence electrons. The zero-order valence-electron chi connectivity index (χ0n) is 20.3. The van der Waals surface area contributed by atoms with E-state index in [9.17, 15) is 14.4 Å². The van der Waals surface area contributed by atoms with E-state index in [-0.39, 0.29) is 18.9 Å². The van der Waals surface area contributed by atoms with Crippen LogP contribution in [0.15, 0.2) is 71.5 Å². The van der Waals surface area contributed by atoms with Crippen LogP contribution < -0.4 is 10.1 Å². The topological polar surface area (TPSA) is 119 Å². The average Bonchev–Trinajstić information content (AvgIpc) is 3.69. The number of ether oxygens (including phenoxy) is 1. The fourth-order valence-electron chi connectivity index (χ4n) is 5.36. The van der Waals surface area contributed by atoms with Gasteiger partial charge in [0.15, 0.2) is 5.58 Å². The van der Waals surface area contributed by atoms with Crippen LogP contribution in [0.2, 0.25) is 0 Å². The molecule has 1 aromatic carbocycles. The van der Waals surface area contributed by atoms with E-state index in [1.807, 2.05) is 41.1 Å². The van der Waals surface area contributed by atoms with Gasteiger partial charge in [-0.1, -0.05) is 6.07 Å². The summed E-state index contributed by atoms with van der Waals surface area (Å²) < 4.78 is 13.3. The molecule has 4 aromatic heterocycles. The molecule has 38 heavy (non-hydrogen) atoms. The van der Waals surface area contributed by atoms with E-state index in [0.717, 1.165) is 22.5 Å². The summed E-state index contributed by atoms with van der Waals surface area (Å²) in [6.45, 7) is 0.311. The number of aromatic nitrogens is 3. The Bertz CT molecular complexity index is 1800. The molecular weight excluding hydrogens is 486 g/mol. The maximum absolute atomic E-state index is 13.3. The largest absolute Gasteiger partial charge is 0.497 e. The molecule has 0 aliphatic carbocycles. The van der Waals surface area contributed by atoms with Crippen LogP contribution in [-0.4, -0.2) is 50.6 Å². The Morgan fingerprint density at radius 1 is 1.11 bits per heavy atom. The standard InChI is InChI=1S/C28H21N5O5/c1-37-18-4-2-16-13-33(26(35)19(16)10-18)15-28(12-25(34)31-27(28)36)23-11-21-22(38-23)6-5-20(30-21)17-3-7-24-29-8-9-32(24)14-17/h2-11,14H,12-13,15H2,1H3,(H,31,34,36)/t28-/m1/s1. The van der Waals surface area contributed by atoms with Crippen molar-refractivity contribution in [3.63, 3.8) is 0 Å². The van der Waals surface area contributed by atoms with Gasteiger partial charge < -0.3 is 18.5 Å². The summed E-state index contributed by atoms with van der Waals surface area (Å²) in [5.74, 6) is -0.255. The van der Waals surface area contributed by atoms with Crippen LogP contribution in [-0.2, 0) is 21.5 Å². The van der Waals surface area contributed by atoms with Gasteiger partial charge in [-0.05, 0) is 42.0 Å². The molecule has 0 saturated carbocycles. The van der Waals surface area contributed by atoms with Crippen LogP contribution in [0, 0.1) is 0 Å². The van der Waals surface area contributed by atoms with Gasteiger partial charge >= 0.3 is 0 Å². The molecule has 10 heteroatoms. The van der Waals surface area contributed by atoms with Crippen LogP contribution in [0.25, 0.3) is 28.0 Å². The quantitative estimate of drug-likeness (QED) is 0.363. The van der Waals surface area contributed by atoms with Gasteiger partial charge in [0.1, 0.15) is 28.1 Å². The smallest absolute Gasteiger partial charge is 0.254 e. The van der Waals surface area contributed by atoms with Gasteiger partial charge in [-0.25, -0.2) is 9.97 Å². The number of imidazole rings is 1. The minimum atomic E-state index is -1.37. The lowest BCUT2D eigenvalue weighted by molar-refractivity contribution is -0.127. The first kappa shape index (κ1) is 22.2. The Morgan fingerprint density at radius 3 is 2.82 bits per heavy atom. The van der Waals surface area contributed by atoms with Gasteiger partial charge in [0.2, 0.25) is 11.8 Å².